The lowest BCUT2D eigenvalue weighted by molar-refractivity contribution is 0.0951. The van der Waals surface area contributed by atoms with Crippen LogP contribution in [0.3, 0.4) is 0 Å². The average Bonchev–Trinajstić information content (AvgIpc) is 2.74. The van der Waals surface area contributed by atoms with Crippen molar-refractivity contribution in [1.29, 1.82) is 0 Å². The summed E-state index contributed by atoms with van der Waals surface area (Å²) in [5.74, 6) is 0.682. The van der Waals surface area contributed by atoms with Crippen LogP contribution in [0.4, 0.5) is 0 Å². The molecule has 0 unspecified atom stereocenters. The van der Waals surface area contributed by atoms with Crippen LogP contribution >= 0.6 is 0 Å². The van der Waals surface area contributed by atoms with E-state index in [0.717, 1.165) is 12.8 Å². The second kappa shape index (κ2) is 6.57. The van der Waals surface area contributed by atoms with E-state index in [9.17, 15) is 4.79 Å². The topological polar surface area (TPSA) is 101 Å². The molecule has 94 valence electrons. The first-order valence-electron chi connectivity index (χ1n) is 5.44. The Bertz CT molecular complexity index is 398. The molecule has 1 heterocycles. The third kappa shape index (κ3) is 4.18. The highest BCUT2D eigenvalue weighted by Crippen LogP contribution is 2.08. The smallest absolute Gasteiger partial charge is 0.254 e. The van der Waals surface area contributed by atoms with Gasteiger partial charge in [-0.25, -0.2) is 0 Å². The summed E-state index contributed by atoms with van der Waals surface area (Å²) in [5.41, 5.74) is 5.87. The van der Waals surface area contributed by atoms with Crippen LogP contribution in [-0.2, 0) is 0 Å². The van der Waals surface area contributed by atoms with Gasteiger partial charge in [-0.2, -0.15) is 0 Å². The Morgan fingerprint density at radius 2 is 2.35 bits per heavy atom. The summed E-state index contributed by atoms with van der Waals surface area (Å²) in [6.45, 7) is 2.30. The van der Waals surface area contributed by atoms with E-state index in [1.165, 1.54) is 6.26 Å². The molecule has 17 heavy (non-hydrogen) atoms. The van der Waals surface area contributed by atoms with E-state index in [-0.39, 0.29) is 11.7 Å². The standard InChI is InChI=1S/C11H17N3O3/c1-8-9(5-7-17-8)11(15)13-6-3-2-4-10(12)14-16/h5,7,16H,2-4,6H2,1H3,(H2,12,14)(H,13,15). The van der Waals surface area contributed by atoms with Gasteiger partial charge in [0.2, 0.25) is 0 Å². The Labute approximate surface area is 99.5 Å². The zero-order valence-electron chi connectivity index (χ0n) is 9.77. The van der Waals surface area contributed by atoms with Gasteiger partial charge in [0.25, 0.3) is 5.91 Å². The van der Waals surface area contributed by atoms with E-state index >= 15 is 0 Å². The predicted octanol–water partition coefficient (Wildman–Crippen LogP) is 1.23. The number of oxime groups is 1. The number of nitrogens with two attached hydrogens (primary N) is 1. The molecular weight excluding hydrogens is 222 g/mol. The quantitative estimate of drug-likeness (QED) is 0.228. The summed E-state index contributed by atoms with van der Waals surface area (Å²) >= 11 is 0. The maximum absolute atomic E-state index is 11.6. The number of unbranched alkanes of at least 4 members (excludes halogenated alkanes) is 1. The number of furan rings is 1. The molecule has 0 spiro atoms. The van der Waals surface area contributed by atoms with Gasteiger partial charge >= 0.3 is 0 Å². The number of rotatable bonds is 6. The molecule has 1 amide bonds. The molecule has 0 atom stereocenters. The number of carbonyl (C=O) groups excluding carboxylic acids is 1. The molecule has 0 saturated carbocycles. The number of carbonyl (C=O) groups is 1. The fourth-order valence-corrected chi connectivity index (χ4v) is 1.40. The number of hydrogen-bond acceptors (Lipinski definition) is 4. The summed E-state index contributed by atoms with van der Waals surface area (Å²) in [7, 11) is 0. The number of amidine groups is 1. The molecule has 1 rings (SSSR count). The molecule has 4 N–H and O–H groups in total. The van der Waals surface area contributed by atoms with Crippen molar-refractivity contribution in [1.82, 2.24) is 5.32 Å². The highest BCUT2D eigenvalue weighted by atomic mass is 16.4. The maximum atomic E-state index is 11.6. The molecular formula is C11H17N3O3. The van der Waals surface area contributed by atoms with Crippen molar-refractivity contribution >= 4 is 11.7 Å². The summed E-state index contributed by atoms with van der Waals surface area (Å²) in [4.78, 5) is 11.6. The fraction of sp³-hybridized carbons (Fsp3) is 0.455. The highest BCUT2D eigenvalue weighted by molar-refractivity contribution is 5.94. The molecule has 0 saturated heterocycles. The van der Waals surface area contributed by atoms with Crippen LogP contribution in [0.5, 0.6) is 0 Å². The lowest BCUT2D eigenvalue weighted by Crippen LogP contribution is -2.24. The minimum absolute atomic E-state index is 0.139. The first-order valence-corrected chi connectivity index (χ1v) is 5.44. The monoisotopic (exact) mass is 239 g/mol. The van der Waals surface area contributed by atoms with Crippen molar-refractivity contribution in [2.45, 2.75) is 26.2 Å². The number of amides is 1. The van der Waals surface area contributed by atoms with Gasteiger partial charge in [-0.3, -0.25) is 4.79 Å². The molecule has 0 fully saturated rings. The molecule has 0 aliphatic carbocycles. The van der Waals surface area contributed by atoms with E-state index < -0.39 is 0 Å². The molecule has 0 bridgehead atoms. The Balaban J connectivity index is 2.20. The third-order valence-electron chi connectivity index (χ3n) is 2.38. The molecule has 6 heteroatoms. The number of hydrogen-bond donors (Lipinski definition) is 3. The van der Waals surface area contributed by atoms with E-state index in [1.54, 1.807) is 13.0 Å². The van der Waals surface area contributed by atoms with Crippen molar-refractivity contribution in [2.75, 3.05) is 6.54 Å². The van der Waals surface area contributed by atoms with Gasteiger partial charge in [-0.15, -0.1) is 0 Å². The lowest BCUT2D eigenvalue weighted by Gasteiger charge is -2.03. The molecule has 0 aliphatic rings. The van der Waals surface area contributed by atoms with Crippen LogP contribution < -0.4 is 11.1 Å². The van der Waals surface area contributed by atoms with Gasteiger partial charge in [0, 0.05) is 13.0 Å². The second-order valence-corrected chi connectivity index (χ2v) is 3.69. The van der Waals surface area contributed by atoms with Crippen molar-refractivity contribution in [3.8, 4) is 0 Å². The van der Waals surface area contributed by atoms with Gasteiger partial charge in [0.15, 0.2) is 0 Å². The zero-order chi connectivity index (χ0) is 12.7. The van der Waals surface area contributed by atoms with Crippen LogP contribution in [-0.4, -0.2) is 23.5 Å². The van der Waals surface area contributed by atoms with E-state index in [2.05, 4.69) is 10.5 Å². The van der Waals surface area contributed by atoms with Gasteiger partial charge in [-0.1, -0.05) is 5.16 Å². The predicted molar refractivity (Wildman–Crippen MR) is 63.0 cm³/mol. The van der Waals surface area contributed by atoms with Crippen LogP contribution in [0, 0.1) is 6.92 Å². The Hall–Kier alpha value is -1.98. The summed E-state index contributed by atoms with van der Waals surface area (Å²) in [6.07, 6.45) is 3.55. The molecule has 1 aromatic rings. The Morgan fingerprint density at radius 1 is 1.59 bits per heavy atom. The number of nitrogens with one attached hydrogen (secondary N) is 1. The average molecular weight is 239 g/mol. The molecule has 6 nitrogen and oxygen atoms in total. The van der Waals surface area contributed by atoms with Gasteiger partial charge in [0.05, 0.1) is 11.8 Å². The second-order valence-electron chi connectivity index (χ2n) is 3.69. The summed E-state index contributed by atoms with van der Waals surface area (Å²) in [5, 5.41) is 14.0. The van der Waals surface area contributed by atoms with E-state index in [4.69, 9.17) is 15.4 Å². The normalized spacial score (nSPS) is 11.5. The fourth-order valence-electron chi connectivity index (χ4n) is 1.40. The van der Waals surface area contributed by atoms with Crippen LogP contribution in [0.25, 0.3) is 0 Å². The van der Waals surface area contributed by atoms with Crippen LogP contribution in [0.2, 0.25) is 0 Å². The first kappa shape index (κ1) is 13.1. The van der Waals surface area contributed by atoms with Gasteiger partial charge in [0.1, 0.15) is 11.6 Å². The molecule has 0 radical (unpaired) electrons. The maximum Gasteiger partial charge on any atom is 0.254 e. The van der Waals surface area contributed by atoms with Crippen molar-refractivity contribution < 1.29 is 14.4 Å². The third-order valence-corrected chi connectivity index (χ3v) is 2.38. The summed E-state index contributed by atoms with van der Waals surface area (Å²) < 4.78 is 5.04. The van der Waals surface area contributed by atoms with Gasteiger partial charge < -0.3 is 20.7 Å². The number of aryl methyl sites for hydroxylation is 1. The van der Waals surface area contributed by atoms with Crippen LogP contribution in [0.1, 0.15) is 35.4 Å². The Morgan fingerprint density at radius 3 is 2.94 bits per heavy atom. The molecule has 0 aliphatic heterocycles. The highest BCUT2D eigenvalue weighted by Gasteiger charge is 2.09. The van der Waals surface area contributed by atoms with E-state index in [0.29, 0.717) is 24.3 Å². The van der Waals surface area contributed by atoms with Crippen LogP contribution in [0.15, 0.2) is 21.9 Å². The number of nitrogens with zero attached hydrogens (tertiary/aromatic N) is 1. The largest absolute Gasteiger partial charge is 0.469 e. The Kier molecular flexibility index (Phi) is 5.06. The molecule has 1 aromatic heterocycles. The van der Waals surface area contributed by atoms with Crippen molar-refractivity contribution in [3.63, 3.8) is 0 Å². The lowest BCUT2D eigenvalue weighted by atomic mass is 10.2. The minimum Gasteiger partial charge on any atom is -0.469 e. The molecule has 0 aromatic carbocycles. The minimum atomic E-state index is -0.139. The SMILES string of the molecule is Cc1occc1C(=O)NCCCCC(N)=NO. The first-order chi connectivity index (χ1) is 8.15. The summed E-state index contributed by atoms with van der Waals surface area (Å²) in [6, 6.07) is 1.64. The van der Waals surface area contributed by atoms with E-state index in [1.807, 2.05) is 0 Å². The zero-order valence-corrected chi connectivity index (χ0v) is 9.77. The van der Waals surface area contributed by atoms with Gasteiger partial charge in [-0.05, 0) is 25.8 Å². The van der Waals surface area contributed by atoms with Crippen molar-refractivity contribution in [3.05, 3.63) is 23.7 Å². The van der Waals surface area contributed by atoms with Crippen molar-refractivity contribution in [2.24, 2.45) is 10.9 Å².